The van der Waals surface area contributed by atoms with E-state index in [2.05, 4.69) is 5.10 Å². The molecule has 1 aromatic heterocycles. The summed E-state index contributed by atoms with van der Waals surface area (Å²) >= 11 is 0. The van der Waals surface area contributed by atoms with Gasteiger partial charge in [0, 0.05) is 16.9 Å². The lowest BCUT2D eigenvalue weighted by atomic mass is 10.1. The fourth-order valence-corrected chi connectivity index (χ4v) is 2.36. The summed E-state index contributed by atoms with van der Waals surface area (Å²) in [4.78, 5) is 0. The van der Waals surface area contributed by atoms with Crippen LogP contribution in [0.5, 0.6) is 0 Å². The van der Waals surface area contributed by atoms with Gasteiger partial charge in [0.05, 0.1) is 11.4 Å². The van der Waals surface area contributed by atoms with Crippen molar-refractivity contribution in [3.63, 3.8) is 0 Å². The van der Waals surface area contributed by atoms with Crippen LogP contribution < -0.4 is 5.73 Å². The van der Waals surface area contributed by atoms with E-state index in [1.807, 2.05) is 20.8 Å². The molecular formula is C14H17F2N3. The van der Waals surface area contributed by atoms with E-state index in [0.717, 1.165) is 23.4 Å². The van der Waals surface area contributed by atoms with Crippen molar-refractivity contribution >= 4 is 5.69 Å². The molecule has 3 nitrogen and oxygen atoms in total. The number of nitrogens with two attached hydrogens (primary N) is 1. The Labute approximate surface area is 111 Å². The molecule has 102 valence electrons. The number of hydrogen-bond donors (Lipinski definition) is 1. The number of benzene rings is 1. The standard InChI is InChI=1S/C14H17F2N3/c1-4-11-8(2)18-19(9(11)3)13-6-5-10(17)7-12(13)14(15)16/h5-7,14H,4,17H2,1-3H3. The number of nitrogens with zero attached hydrogens (tertiary/aromatic N) is 2. The number of anilines is 1. The summed E-state index contributed by atoms with van der Waals surface area (Å²) < 4.78 is 27.8. The molecule has 0 radical (unpaired) electrons. The minimum Gasteiger partial charge on any atom is -0.399 e. The number of nitrogen functional groups attached to an aromatic ring is 1. The maximum Gasteiger partial charge on any atom is 0.266 e. The highest BCUT2D eigenvalue weighted by molar-refractivity contribution is 5.53. The Hall–Kier alpha value is -1.91. The molecule has 0 saturated carbocycles. The average Bonchev–Trinajstić information content (AvgIpc) is 2.64. The highest BCUT2D eigenvalue weighted by Gasteiger charge is 2.18. The molecule has 19 heavy (non-hydrogen) atoms. The minimum absolute atomic E-state index is 0.0896. The fourth-order valence-electron chi connectivity index (χ4n) is 2.36. The third-order valence-corrected chi connectivity index (χ3v) is 3.31. The Morgan fingerprint density at radius 2 is 2.00 bits per heavy atom. The van der Waals surface area contributed by atoms with Gasteiger partial charge >= 0.3 is 0 Å². The quantitative estimate of drug-likeness (QED) is 0.862. The first-order chi connectivity index (χ1) is 8.95. The highest BCUT2D eigenvalue weighted by Crippen LogP contribution is 2.29. The monoisotopic (exact) mass is 265 g/mol. The van der Waals surface area contributed by atoms with Crippen molar-refractivity contribution in [2.24, 2.45) is 0 Å². The Morgan fingerprint density at radius 1 is 1.32 bits per heavy atom. The molecule has 0 saturated heterocycles. The Kier molecular flexibility index (Phi) is 3.55. The second-order valence-electron chi connectivity index (χ2n) is 4.53. The molecule has 0 spiro atoms. The lowest BCUT2D eigenvalue weighted by Crippen LogP contribution is -2.05. The molecule has 0 aliphatic heterocycles. The second-order valence-corrected chi connectivity index (χ2v) is 4.53. The molecule has 0 unspecified atom stereocenters. The Balaban J connectivity index is 2.65. The zero-order valence-corrected chi connectivity index (χ0v) is 11.2. The zero-order valence-electron chi connectivity index (χ0n) is 11.2. The Bertz CT molecular complexity index is 603. The molecule has 0 amide bonds. The molecule has 1 aromatic carbocycles. The van der Waals surface area contributed by atoms with Gasteiger partial charge in [0.1, 0.15) is 0 Å². The summed E-state index contributed by atoms with van der Waals surface area (Å²) in [5.74, 6) is 0. The summed E-state index contributed by atoms with van der Waals surface area (Å²) in [6.07, 6.45) is -1.75. The van der Waals surface area contributed by atoms with E-state index in [-0.39, 0.29) is 5.56 Å². The van der Waals surface area contributed by atoms with Gasteiger partial charge in [-0.15, -0.1) is 0 Å². The van der Waals surface area contributed by atoms with Gasteiger partial charge in [-0.1, -0.05) is 6.92 Å². The number of alkyl halides is 2. The van der Waals surface area contributed by atoms with Gasteiger partial charge in [0.15, 0.2) is 0 Å². The van der Waals surface area contributed by atoms with Crippen LogP contribution in [0.4, 0.5) is 14.5 Å². The van der Waals surface area contributed by atoms with Crippen LogP contribution in [-0.2, 0) is 6.42 Å². The van der Waals surface area contributed by atoms with Crippen molar-refractivity contribution in [3.8, 4) is 5.69 Å². The molecule has 0 atom stereocenters. The smallest absolute Gasteiger partial charge is 0.266 e. The highest BCUT2D eigenvalue weighted by atomic mass is 19.3. The molecule has 2 rings (SSSR count). The van der Waals surface area contributed by atoms with Gasteiger partial charge in [-0.05, 0) is 44.0 Å². The fraction of sp³-hybridized carbons (Fsp3) is 0.357. The lowest BCUT2D eigenvalue weighted by Gasteiger charge is -2.11. The third kappa shape index (κ3) is 2.32. The summed E-state index contributed by atoms with van der Waals surface area (Å²) in [5.41, 5.74) is 9.07. The average molecular weight is 265 g/mol. The first-order valence-corrected chi connectivity index (χ1v) is 6.18. The molecule has 2 aromatic rings. The molecule has 0 aliphatic rings. The van der Waals surface area contributed by atoms with E-state index in [4.69, 9.17) is 5.73 Å². The van der Waals surface area contributed by atoms with Crippen molar-refractivity contribution in [2.45, 2.75) is 33.6 Å². The largest absolute Gasteiger partial charge is 0.399 e. The van der Waals surface area contributed by atoms with Crippen LogP contribution in [0.1, 0.15) is 35.9 Å². The van der Waals surface area contributed by atoms with Crippen LogP contribution in [0, 0.1) is 13.8 Å². The van der Waals surface area contributed by atoms with E-state index in [9.17, 15) is 8.78 Å². The summed E-state index contributed by atoms with van der Waals surface area (Å²) in [6.45, 7) is 5.81. The van der Waals surface area contributed by atoms with E-state index in [0.29, 0.717) is 11.4 Å². The zero-order chi connectivity index (χ0) is 14.2. The van der Waals surface area contributed by atoms with Crippen molar-refractivity contribution < 1.29 is 8.78 Å². The third-order valence-electron chi connectivity index (χ3n) is 3.31. The number of aromatic nitrogens is 2. The first-order valence-electron chi connectivity index (χ1n) is 6.18. The normalized spacial score (nSPS) is 11.3. The van der Waals surface area contributed by atoms with Crippen LogP contribution in [0.3, 0.4) is 0 Å². The van der Waals surface area contributed by atoms with Gasteiger partial charge in [-0.25, -0.2) is 13.5 Å². The minimum atomic E-state index is -2.58. The predicted molar refractivity (Wildman–Crippen MR) is 71.8 cm³/mol. The Morgan fingerprint density at radius 3 is 2.53 bits per heavy atom. The molecule has 0 fully saturated rings. The van der Waals surface area contributed by atoms with Crippen LogP contribution in [0.25, 0.3) is 5.69 Å². The van der Waals surface area contributed by atoms with Gasteiger partial charge in [-0.3, -0.25) is 0 Å². The maximum atomic E-state index is 13.1. The van der Waals surface area contributed by atoms with E-state index in [1.165, 1.54) is 6.07 Å². The predicted octanol–water partition coefficient (Wildman–Crippen LogP) is 3.57. The van der Waals surface area contributed by atoms with Crippen molar-refractivity contribution in [2.75, 3.05) is 5.73 Å². The molecule has 0 bridgehead atoms. The van der Waals surface area contributed by atoms with Gasteiger partial charge in [-0.2, -0.15) is 5.10 Å². The number of aryl methyl sites for hydroxylation is 1. The van der Waals surface area contributed by atoms with Crippen LogP contribution >= 0.6 is 0 Å². The summed E-state index contributed by atoms with van der Waals surface area (Å²) in [6, 6.07) is 4.51. The summed E-state index contributed by atoms with van der Waals surface area (Å²) in [7, 11) is 0. The van der Waals surface area contributed by atoms with Crippen molar-refractivity contribution in [3.05, 3.63) is 40.7 Å². The van der Waals surface area contributed by atoms with Crippen LogP contribution in [0.15, 0.2) is 18.2 Å². The topological polar surface area (TPSA) is 43.8 Å². The number of halogens is 2. The molecule has 0 aliphatic carbocycles. The first kappa shape index (κ1) is 13.5. The number of hydrogen-bond acceptors (Lipinski definition) is 2. The molecule has 5 heteroatoms. The summed E-state index contributed by atoms with van der Waals surface area (Å²) in [5, 5.41) is 4.37. The molecule has 1 heterocycles. The van der Waals surface area contributed by atoms with Gasteiger partial charge < -0.3 is 5.73 Å². The van der Waals surface area contributed by atoms with Gasteiger partial charge in [0.25, 0.3) is 6.43 Å². The van der Waals surface area contributed by atoms with Crippen molar-refractivity contribution in [1.82, 2.24) is 9.78 Å². The molecule has 2 N–H and O–H groups in total. The maximum absolute atomic E-state index is 13.1. The second kappa shape index (κ2) is 4.99. The van der Waals surface area contributed by atoms with E-state index >= 15 is 0 Å². The lowest BCUT2D eigenvalue weighted by molar-refractivity contribution is 0.151. The van der Waals surface area contributed by atoms with Crippen molar-refractivity contribution in [1.29, 1.82) is 0 Å². The SMILES string of the molecule is CCc1c(C)nn(-c2ccc(N)cc2C(F)F)c1C. The number of rotatable bonds is 3. The van der Waals surface area contributed by atoms with Gasteiger partial charge in [0.2, 0.25) is 0 Å². The molecular weight excluding hydrogens is 248 g/mol. The van der Waals surface area contributed by atoms with E-state index in [1.54, 1.807) is 16.8 Å². The van der Waals surface area contributed by atoms with Crippen LogP contribution in [0.2, 0.25) is 0 Å². The van der Waals surface area contributed by atoms with E-state index < -0.39 is 6.43 Å². The van der Waals surface area contributed by atoms with Crippen LogP contribution in [-0.4, -0.2) is 9.78 Å².